The van der Waals surface area contributed by atoms with E-state index in [0.29, 0.717) is 0 Å². The molecule has 1 heterocycles. The molecule has 2 unspecified atom stereocenters. The molecular weight excluding hydrogens is 251 g/mol. The molecule has 17 heavy (non-hydrogen) atoms. The SMILES string of the molecule is O=C(O)C1OC1C(=O)O.[K][CH2]CC1CCCC1. The summed E-state index contributed by atoms with van der Waals surface area (Å²) in [6.07, 6.45) is 5.48. The zero-order valence-electron chi connectivity index (χ0n) is 10.1. The van der Waals surface area contributed by atoms with Crippen molar-refractivity contribution in [2.24, 2.45) is 5.92 Å². The third-order valence-corrected chi connectivity index (χ3v) is 4.05. The van der Waals surface area contributed by atoms with E-state index in [1.807, 2.05) is 0 Å². The molecule has 2 N–H and O–H groups in total. The van der Waals surface area contributed by atoms with Crippen molar-refractivity contribution in [3.05, 3.63) is 0 Å². The van der Waals surface area contributed by atoms with Crippen LogP contribution in [0, 0.1) is 5.92 Å². The Morgan fingerprint density at radius 3 is 1.88 bits per heavy atom. The molecule has 2 aliphatic rings. The number of aliphatic carboxylic acids is 2. The van der Waals surface area contributed by atoms with Gasteiger partial charge >= 0.3 is 99.4 Å². The molecular formula is C11H17KO5. The second kappa shape index (κ2) is 7.86. The van der Waals surface area contributed by atoms with E-state index >= 15 is 0 Å². The monoisotopic (exact) mass is 268 g/mol. The number of hydrogen-bond donors (Lipinski definition) is 2. The summed E-state index contributed by atoms with van der Waals surface area (Å²) < 4.78 is 5.82. The van der Waals surface area contributed by atoms with Crippen LogP contribution in [-0.4, -0.2) is 83.3 Å². The van der Waals surface area contributed by atoms with Crippen LogP contribution in [0.2, 0.25) is 0.515 Å². The molecule has 92 valence electrons. The summed E-state index contributed by atoms with van der Waals surface area (Å²) in [4.78, 5) is 19.8. The average Bonchev–Trinajstić information content (AvgIpc) is 2.93. The Morgan fingerprint density at radius 2 is 1.59 bits per heavy atom. The molecule has 2 rings (SSSR count). The fourth-order valence-corrected chi connectivity index (χ4v) is 3.47. The zero-order valence-corrected chi connectivity index (χ0v) is 13.2. The van der Waals surface area contributed by atoms with Crippen molar-refractivity contribution in [1.82, 2.24) is 0 Å². The van der Waals surface area contributed by atoms with Gasteiger partial charge in [-0.1, -0.05) is 0 Å². The normalized spacial score (nSPS) is 27.2. The molecule has 0 spiro atoms. The topological polar surface area (TPSA) is 87.1 Å². The second-order valence-corrected chi connectivity index (χ2v) is 6.15. The third-order valence-electron chi connectivity index (χ3n) is 3.15. The van der Waals surface area contributed by atoms with Gasteiger partial charge < -0.3 is 14.9 Å². The summed E-state index contributed by atoms with van der Waals surface area (Å²) in [7, 11) is 0. The minimum absolute atomic E-state index is 1.12. The van der Waals surface area contributed by atoms with Gasteiger partial charge in [0.2, 0.25) is 0 Å². The predicted molar refractivity (Wildman–Crippen MR) is 61.1 cm³/mol. The van der Waals surface area contributed by atoms with Gasteiger partial charge in [0.1, 0.15) is 0 Å². The van der Waals surface area contributed by atoms with Gasteiger partial charge in [0.15, 0.2) is 12.2 Å². The van der Waals surface area contributed by atoms with Crippen molar-refractivity contribution in [3.8, 4) is 0 Å². The number of rotatable bonds is 4. The van der Waals surface area contributed by atoms with Crippen LogP contribution >= 0.6 is 0 Å². The summed E-state index contributed by atoms with van der Waals surface area (Å²) in [5, 5.41) is 16.2. The summed E-state index contributed by atoms with van der Waals surface area (Å²) in [6.45, 7) is 0. The van der Waals surface area contributed by atoms with E-state index in [2.05, 4.69) is 4.74 Å². The van der Waals surface area contributed by atoms with E-state index in [0.717, 1.165) is 54.9 Å². The molecule has 1 aliphatic heterocycles. The molecule has 0 amide bonds. The molecule has 1 aliphatic carbocycles. The Labute approximate surface area is 134 Å². The van der Waals surface area contributed by atoms with Crippen LogP contribution in [0.25, 0.3) is 0 Å². The van der Waals surface area contributed by atoms with E-state index in [-0.39, 0.29) is 0 Å². The summed E-state index contributed by atoms with van der Waals surface area (Å²) in [6, 6.07) is 0. The van der Waals surface area contributed by atoms with E-state index in [9.17, 15) is 9.59 Å². The maximum atomic E-state index is 9.89. The molecule has 6 heteroatoms. The molecule has 0 radical (unpaired) electrons. The van der Waals surface area contributed by atoms with E-state index in [1.165, 1.54) is 12.8 Å². The Hall–Kier alpha value is 0.536. The van der Waals surface area contributed by atoms with Gasteiger partial charge in [0.25, 0.3) is 0 Å². The molecule has 2 fully saturated rings. The maximum absolute atomic E-state index is 9.89. The first kappa shape index (κ1) is 15.6. The number of carboxylic acids is 2. The van der Waals surface area contributed by atoms with Crippen LogP contribution < -0.4 is 0 Å². The van der Waals surface area contributed by atoms with Crippen molar-refractivity contribution < 1.29 is 24.5 Å². The summed E-state index contributed by atoms with van der Waals surface area (Å²) in [5.74, 6) is -1.28. The number of carbonyl (C=O) groups is 2. The van der Waals surface area contributed by atoms with Gasteiger partial charge in [-0.3, -0.25) is 0 Å². The van der Waals surface area contributed by atoms with Crippen LogP contribution in [0.1, 0.15) is 32.1 Å². The van der Waals surface area contributed by atoms with Crippen molar-refractivity contribution in [1.29, 1.82) is 0 Å². The average molecular weight is 268 g/mol. The van der Waals surface area contributed by atoms with Crippen LogP contribution in [0.3, 0.4) is 0 Å². The molecule has 5 nitrogen and oxygen atoms in total. The standard InChI is InChI=1S/C7H13.C4H4O5.K/c1-2-7-5-3-4-6-7;5-3(6)1-2(9-1)4(7)8;/h7H,1-6H2;1-2H,(H,5,6)(H,7,8);. The number of carboxylic acid groups (broad SMARTS) is 2. The van der Waals surface area contributed by atoms with Gasteiger partial charge in [-0.15, -0.1) is 0 Å². The van der Waals surface area contributed by atoms with E-state index in [4.69, 9.17) is 10.2 Å². The molecule has 0 aromatic rings. The summed E-state index contributed by atoms with van der Waals surface area (Å²) in [5.41, 5.74) is 0. The first-order valence-electron chi connectivity index (χ1n) is 6.17. The van der Waals surface area contributed by atoms with Crippen molar-refractivity contribution >= 4 is 60.9 Å². The minimum atomic E-state index is -1.22. The van der Waals surface area contributed by atoms with Crippen LogP contribution in [0.4, 0.5) is 0 Å². The van der Waals surface area contributed by atoms with Gasteiger partial charge in [-0.25, -0.2) is 9.59 Å². The zero-order chi connectivity index (χ0) is 12.8. The fourth-order valence-electron chi connectivity index (χ4n) is 2.20. The number of ether oxygens (including phenoxy) is 1. The van der Waals surface area contributed by atoms with E-state index in [1.54, 1.807) is 19.8 Å². The first-order valence-corrected chi connectivity index (χ1v) is 8.38. The molecule has 0 aromatic carbocycles. The molecule has 0 aromatic heterocycles. The quantitative estimate of drug-likeness (QED) is 0.588. The predicted octanol–water partition coefficient (Wildman–Crippen LogP) is 1.08. The van der Waals surface area contributed by atoms with Crippen molar-refractivity contribution in [2.45, 2.75) is 44.8 Å². The van der Waals surface area contributed by atoms with Gasteiger partial charge in [0, 0.05) is 0 Å². The van der Waals surface area contributed by atoms with Gasteiger partial charge in [-0.05, 0) is 0 Å². The van der Waals surface area contributed by atoms with Crippen LogP contribution in [0.15, 0.2) is 0 Å². The van der Waals surface area contributed by atoms with Crippen LogP contribution in [-0.2, 0) is 14.3 Å². The molecule has 0 bridgehead atoms. The van der Waals surface area contributed by atoms with Gasteiger partial charge in [-0.2, -0.15) is 0 Å². The van der Waals surface area contributed by atoms with Crippen molar-refractivity contribution in [2.75, 3.05) is 0 Å². The molecule has 1 saturated heterocycles. The summed E-state index contributed by atoms with van der Waals surface area (Å²) >= 11 is 1.12. The van der Waals surface area contributed by atoms with Gasteiger partial charge in [0.05, 0.1) is 0 Å². The third kappa shape index (κ3) is 5.80. The van der Waals surface area contributed by atoms with Crippen molar-refractivity contribution in [3.63, 3.8) is 0 Å². The number of epoxide rings is 1. The Kier molecular flexibility index (Phi) is 7.21. The second-order valence-electron chi connectivity index (χ2n) is 4.59. The Morgan fingerprint density at radius 1 is 1.12 bits per heavy atom. The Balaban J connectivity index is 0.000000171. The van der Waals surface area contributed by atoms with E-state index < -0.39 is 24.1 Å². The molecule has 1 saturated carbocycles. The Bertz CT molecular complexity index is 257. The first-order chi connectivity index (χ1) is 8.06. The molecule has 2 atom stereocenters. The van der Waals surface area contributed by atoms with Crippen LogP contribution in [0.5, 0.6) is 0 Å². The fraction of sp³-hybridized carbons (Fsp3) is 0.818. The number of hydrogen-bond acceptors (Lipinski definition) is 3.